The molecule has 0 aliphatic carbocycles. The summed E-state index contributed by atoms with van der Waals surface area (Å²) in [6.45, 7) is 5.31. The van der Waals surface area contributed by atoms with Gasteiger partial charge in [-0.1, -0.05) is 19.1 Å². The fraction of sp³-hybridized carbons (Fsp3) is 0.500. The first-order chi connectivity index (χ1) is 8.54. The number of amides is 2. The summed E-state index contributed by atoms with van der Waals surface area (Å²) in [5, 5.41) is 6.25. The minimum atomic E-state index is -0.111. The summed E-state index contributed by atoms with van der Waals surface area (Å²) < 4.78 is 0. The van der Waals surface area contributed by atoms with Crippen LogP contribution in [-0.4, -0.2) is 31.6 Å². The molecule has 4 nitrogen and oxygen atoms in total. The third-order valence-electron chi connectivity index (χ3n) is 2.77. The lowest BCUT2D eigenvalue weighted by Gasteiger charge is -2.15. The second-order valence-corrected chi connectivity index (χ2v) is 4.62. The zero-order valence-corrected chi connectivity index (χ0v) is 11.7. The molecule has 2 N–H and O–H groups in total. The maximum atomic E-state index is 11.5. The minimum Gasteiger partial charge on any atom is -0.331 e. The van der Waals surface area contributed by atoms with Crippen molar-refractivity contribution in [1.29, 1.82) is 0 Å². The molecular weight excluding hydrogens is 226 g/mol. The van der Waals surface area contributed by atoms with Crippen LogP contribution in [0.5, 0.6) is 0 Å². The zero-order chi connectivity index (χ0) is 13.5. The van der Waals surface area contributed by atoms with Crippen molar-refractivity contribution in [2.45, 2.75) is 26.3 Å². The molecule has 2 amide bonds. The number of benzene rings is 1. The first kappa shape index (κ1) is 14.5. The average Bonchev–Trinajstić information content (AvgIpc) is 2.36. The van der Waals surface area contributed by atoms with Gasteiger partial charge in [-0.25, -0.2) is 4.79 Å². The molecule has 0 fully saturated rings. The van der Waals surface area contributed by atoms with Crippen LogP contribution in [0, 0.1) is 0 Å². The molecule has 1 unspecified atom stereocenters. The van der Waals surface area contributed by atoms with Crippen molar-refractivity contribution in [2.24, 2.45) is 0 Å². The Morgan fingerprint density at radius 3 is 2.39 bits per heavy atom. The van der Waals surface area contributed by atoms with Crippen molar-refractivity contribution in [3.63, 3.8) is 0 Å². The highest BCUT2D eigenvalue weighted by atomic mass is 16.2. The molecule has 0 spiro atoms. The molecule has 18 heavy (non-hydrogen) atoms. The molecule has 1 atom stereocenters. The van der Waals surface area contributed by atoms with Crippen LogP contribution in [0.25, 0.3) is 0 Å². The van der Waals surface area contributed by atoms with Crippen LogP contribution < -0.4 is 10.6 Å². The smallest absolute Gasteiger partial charge is 0.321 e. The molecule has 1 rings (SSSR count). The third kappa shape index (κ3) is 4.37. The van der Waals surface area contributed by atoms with E-state index in [0.717, 1.165) is 18.7 Å². The second-order valence-electron chi connectivity index (χ2n) is 4.62. The highest BCUT2D eigenvalue weighted by Crippen LogP contribution is 2.16. The fourth-order valence-electron chi connectivity index (χ4n) is 1.57. The van der Waals surface area contributed by atoms with E-state index < -0.39 is 0 Å². The predicted octanol–water partition coefficient (Wildman–Crippen LogP) is 2.84. The monoisotopic (exact) mass is 249 g/mol. The molecule has 0 aliphatic rings. The molecular formula is C14H23N3O. The normalized spacial score (nSPS) is 12.0. The van der Waals surface area contributed by atoms with Crippen molar-refractivity contribution >= 4 is 11.7 Å². The number of nitrogens with one attached hydrogen (secondary N) is 2. The van der Waals surface area contributed by atoms with E-state index >= 15 is 0 Å². The summed E-state index contributed by atoms with van der Waals surface area (Å²) in [5.41, 5.74) is 2.05. The second kappa shape index (κ2) is 7.01. The molecule has 4 heteroatoms. The summed E-state index contributed by atoms with van der Waals surface area (Å²) in [4.78, 5) is 13.0. The molecule has 100 valence electrons. The molecule has 0 saturated carbocycles. The molecule has 0 radical (unpaired) electrons. The summed E-state index contributed by atoms with van der Waals surface area (Å²) >= 11 is 0. The van der Waals surface area contributed by atoms with Gasteiger partial charge in [0.25, 0.3) is 0 Å². The van der Waals surface area contributed by atoms with E-state index in [1.165, 1.54) is 10.5 Å². The topological polar surface area (TPSA) is 44.4 Å². The van der Waals surface area contributed by atoms with Crippen LogP contribution in [0.15, 0.2) is 24.3 Å². The van der Waals surface area contributed by atoms with Gasteiger partial charge in [-0.05, 0) is 37.6 Å². The number of rotatable bonds is 5. The number of carbonyl (C=O) groups excluding carboxylic acids is 1. The molecule has 0 aliphatic heterocycles. The van der Waals surface area contributed by atoms with Crippen LogP contribution in [0.2, 0.25) is 0 Å². The Labute approximate surface area is 109 Å². The zero-order valence-electron chi connectivity index (χ0n) is 11.7. The van der Waals surface area contributed by atoms with E-state index in [4.69, 9.17) is 0 Å². The lowest BCUT2D eigenvalue weighted by Crippen LogP contribution is -2.27. The summed E-state index contributed by atoms with van der Waals surface area (Å²) in [6.07, 6.45) is 1.13. The van der Waals surface area contributed by atoms with Crippen LogP contribution in [-0.2, 0) is 0 Å². The Morgan fingerprint density at radius 1 is 1.28 bits per heavy atom. The predicted molar refractivity (Wildman–Crippen MR) is 75.9 cm³/mol. The van der Waals surface area contributed by atoms with Gasteiger partial charge < -0.3 is 15.5 Å². The van der Waals surface area contributed by atoms with E-state index in [2.05, 4.69) is 24.5 Å². The highest BCUT2D eigenvalue weighted by Gasteiger charge is 2.06. The Balaban J connectivity index is 2.59. The average molecular weight is 249 g/mol. The molecule has 0 bridgehead atoms. The fourth-order valence-corrected chi connectivity index (χ4v) is 1.57. The van der Waals surface area contributed by atoms with Gasteiger partial charge in [0.2, 0.25) is 0 Å². The van der Waals surface area contributed by atoms with Gasteiger partial charge in [-0.2, -0.15) is 0 Å². The van der Waals surface area contributed by atoms with E-state index in [1.807, 2.05) is 24.3 Å². The lowest BCUT2D eigenvalue weighted by atomic mass is 10.1. The van der Waals surface area contributed by atoms with Crippen LogP contribution in [0.1, 0.15) is 31.9 Å². The van der Waals surface area contributed by atoms with E-state index in [0.29, 0.717) is 6.04 Å². The number of hydrogen-bond acceptors (Lipinski definition) is 2. The largest absolute Gasteiger partial charge is 0.331 e. The third-order valence-corrected chi connectivity index (χ3v) is 2.77. The SMILES string of the molecule is CCCNC(C)c1ccc(NC(=O)N(C)C)cc1. The van der Waals surface area contributed by atoms with Gasteiger partial charge in [-0.15, -0.1) is 0 Å². The van der Waals surface area contributed by atoms with Crippen molar-refractivity contribution in [1.82, 2.24) is 10.2 Å². The Hall–Kier alpha value is -1.55. The molecule has 0 aromatic heterocycles. The van der Waals surface area contributed by atoms with Gasteiger partial charge in [0.1, 0.15) is 0 Å². The van der Waals surface area contributed by atoms with Gasteiger partial charge in [0.05, 0.1) is 0 Å². The lowest BCUT2D eigenvalue weighted by molar-refractivity contribution is 0.230. The quantitative estimate of drug-likeness (QED) is 0.842. The van der Waals surface area contributed by atoms with Gasteiger partial charge in [-0.3, -0.25) is 0 Å². The Morgan fingerprint density at radius 2 is 1.89 bits per heavy atom. The first-order valence-electron chi connectivity index (χ1n) is 6.36. The molecule has 0 heterocycles. The van der Waals surface area contributed by atoms with Crippen LogP contribution in [0.3, 0.4) is 0 Å². The van der Waals surface area contributed by atoms with Gasteiger partial charge in [0.15, 0.2) is 0 Å². The highest BCUT2D eigenvalue weighted by molar-refractivity contribution is 5.88. The van der Waals surface area contributed by atoms with E-state index in [-0.39, 0.29) is 6.03 Å². The minimum absolute atomic E-state index is 0.111. The number of nitrogens with zero attached hydrogens (tertiary/aromatic N) is 1. The number of anilines is 1. The molecule has 1 aromatic rings. The van der Waals surface area contributed by atoms with Crippen molar-refractivity contribution < 1.29 is 4.79 Å². The maximum Gasteiger partial charge on any atom is 0.321 e. The van der Waals surface area contributed by atoms with E-state index in [9.17, 15) is 4.79 Å². The number of urea groups is 1. The summed E-state index contributed by atoms with van der Waals surface area (Å²) in [7, 11) is 3.45. The van der Waals surface area contributed by atoms with Gasteiger partial charge >= 0.3 is 6.03 Å². The van der Waals surface area contributed by atoms with Crippen LogP contribution in [0.4, 0.5) is 10.5 Å². The summed E-state index contributed by atoms with van der Waals surface area (Å²) in [6, 6.07) is 8.17. The van der Waals surface area contributed by atoms with Crippen molar-refractivity contribution in [2.75, 3.05) is 26.0 Å². The molecule has 0 saturated heterocycles. The van der Waals surface area contributed by atoms with Gasteiger partial charge in [0, 0.05) is 25.8 Å². The standard InChI is InChI=1S/C14H23N3O/c1-5-10-15-11(2)12-6-8-13(9-7-12)16-14(18)17(3)4/h6-9,11,15H,5,10H2,1-4H3,(H,16,18). The van der Waals surface area contributed by atoms with Crippen molar-refractivity contribution in [3.8, 4) is 0 Å². The summed E-state index contributed by atoms with van der Waals surface area (Å²) in [5.74, 6) is 0. The Kier molecular flexibility index (Phi) is 5.65. The first-order valence-corrected chi connectivity index (χ1v) is 6.36. The number of carbonyl (C=O) groups is 1. The maximum absolute atomic E-state index is 11.5. The molecule has 1 aromatic carbocycles. The van der Waals surface area contributed by atoms with Crippen LogP contribution >= 0.6 is 0 Å². The Bertz CT molecular complexity index is 373. The van der Waals surface area contributed by atoms with Crippen molar-refractivity contribution in [3.05, 3.63) is 29.8 Å². The number of hydrogen-bond donors (Lipinski definition) is 2. The van der Waals surface area contributed by atoms with E-state index in [1.54, 1.807) is 14.1 Å².